The first kappa shape index (κ1) is 10.4. The van der Waals surface area contributed by atoms with Gasteiger partial charge in [-0.2, -0.15) is 11.8 Å². The van der Waals surface area contributed by atoms with Crippen molar-refractivity contribution in [2.24, 2.45) is 5.92 Å². The maximum atomic E-state index is 6.15. The highest BCUT2D eigenvalue weighted by molar-refractivity contribution is 7.99. The molecule has 3 aliphatic rings. The van der Waals surface area contributed by atoms with Gasteiger partial charge >= 0.3 is 0 Å². The zero-order chi connectivity index (χ0) is 10.1. The van der Waals surface area contributed by atoms with E-state index in [9.17, 15) is 0 Å². The van der Waals surface area contributed by atoms with Crippen molar-refractivity contribution in [3.05, 3.63) is 0 Å². The maximum absolute atomic E-state index is 6.15. The molecule has 0 aromatic heterocycles. The van der Waals surface area contributed by atoms with Crippen molar-refractivity contribution in [3.63, 3.8) is 0 Å². The molecular weight excluding hydrogens is 206 g/mol. The second-order valence-electron chi connectivity index (χ2n) is 5.21. The molecule has 1 aliphatic carbocycles. The molecular formula is C12H21NOS. The third-order valence-corrected chi connectivity index (χ3v) is 5.22. The molecule has 1 saturated carbocycles. The van der Waals surface area contributed by atoms with Crippen LogP contribution in [-0.2, 0) is 4.74 Å². The summed E-state index contributed by atoms with van der Waals surface area (Å²) in [5, 5.41) is 3.84. The van der Waals surface area contributed by atoms with Crippen LogP contribution in [0.25, 0.3) is 0 Å². The summed E-state index contributed by atoms with van der Waals surface area (Å²) in [6, 6.07) is 0.760. The lowest BCUT2D eigenvalue weighted by molar-refractivity contribution is -0.144. The van der Waals surface area contributed by atoms with Crippen LogP contribution in [0, 0.1) is 5.92 Å². The lowest BCUT2D eigenvalue weighted by Crippen LogP contribution is -2.62. The zero-order valence-corrected chi connectivity index (χ0v) is 10.2. The molecule has 15 heavy (non-hydrogen) atoms. The molecule has 2 saturated heterocycles. The van der Waals surface area contributed by atoms with Gasteiger partial charge in [0.1, 0.15) is 5.72 Å². The predicted molar refractivity (Wildman–Crippen MR) is 64.1 cm³/mol. The smallest absolute Gasteiger partial charge is 0.121 e. The normalized spacial score (nSPS) is 40.0. The molecule has 2 aliphatic heterocycles. The Labute approximate surface area is 96.5 Å². The van der Waals surface area contributed by atoms with Crippen molar-refractivity contribution in [1.82, 2.24) is 5.32 Å². The van der Waals surface area contributed by atoms with E-state index >= 15 is 0 Å². The molecule has 0 aromatic rings. The van der Waals surface area contributed by atoms with Gasteiger partial charge in [-0.1, -0.05) is 12.8 Å². The van der Waals surface area contributed by atoms with Crippen LogP contribution in [0.1, 0.15) is 38.5 Å². The number of thioether (sulfide) groups is 1. The lowest BCUT2D eigenvalue weighted by atomic mass is 9.82. The van der Waals surface area contributed by atoms with Crippen LogP contribution in [0.3, 0.4) is 0 Å². The SMILES string of the molecule is C1CCC2NC3(CCSCC3)OCC2C1. The largest absolute Gasteiger partial charge is 0.360 e. The van der Waals surface area contributed by atoms with Gasteiger partial charge < -0.3 is 4.74 Å². The lowest BCUT2D eigenvalue weighted by Gasteiger charge is -2.49. The highest BCUT2D eigenvalue weighted by Crippen LogP contribution is 2.37. The van der Waals surface area contributed by atoms with Gasteiger partial charge in [0.15, 0.2) is 0 Å². The molecule has 2 atom stereocenters. The zero-order valence-electron chi connectivity index (χ0n) is 9.34. The van der Waals surface area contributed by atoms with E-state index in [1.165, 1.54) is 50.0 Å². The summed E-state index contributed by atoms with van der Waals surface area (Å²) in [6.45, 7) is 1.02. The number of hydrogen-bond donors (Lipinski definition) is 1. The Balaban J connectivity index is 1.68. The molecule has 3 rings (SSSR count). The Kier molecular flexibility index (Phi) is 2.97. The Morgan fingerprint density at radius 3 is 2.80 bits per heavy atom. The average molecular weight is 227 g/mol. The Bertz CT molecular complexity index is 228. The van der Waals surface area contributed by atoms with Gasteiger partial charge in [0, 0.05) is 6.04 Å². The Morgan fingerprint density at radius 1 is 1.13 bits per heavy atom. The number of rotatable bonds is 0. The minimum absolute atomic E-state index is 0.0732. The molecule has 3 fully saturated rings. The van der Waals surface area contributed by atoms with Crippen LogP contribution >= 0.6 is 11.8 Å². The van der Waals surface area contributed by atoms with Crippen molar-refractivity contribution in [1.29, 1.82) is 0 Å². The van der Waals surface area contributed by atoms with Crippen LogP contribution in [0.15, 0.2) is 0 Å². The van der Waals surface area contributed by atoms with Crippen molar-refractivity contribution < 1.29 is 4.74 Å². The number of ether oxygens (including phenoxy) is 1. The molecule has 3 heteroatoms. The predicted octanol–water partition coefficient (Wildman–Crippen LogP) is 2.39. The first-order valence-corrected chi connectivity index (χ1v) is 7.53. The van der Waals surface area contributed by atoms with Crippen LogP contribution in [0.4, 0.5) is 0 Å². The molecule has 1 N–H and O–H groups in total. The van der Waals surface area contributed by atoms with Crippen molar-refractivity contribution in [2.45, 2.75) is 50.3 Å². The van der Waals surface area contributed by atoms with Gasteiger partial charge in [0.05, 0.1) is 6.61 Å². The number of fused-ring (bicyclic) bond motifs is 1. The van der Waals surface area contributed by atoms with E-state index in [1.807, 2.05) is 0 Å². The Morgan fingerprint density at radius 2 is 1.93 bits per heavy atom. The summed E-state index contributed by atoms with van der Waals surface area (Å²) in [5.74, 6) is 3.34. The monoisotopic (exact) mass is 227 g/mol. The van der Waals surface area contributed by atoms with Crippen LogP contribution in [-0.4, -0.2) is 29.9 Å². The molecule has 2 heterocycles. The van der Waals surface area contributed by atoms with Crippen LogP contribution in [0.2, 0.25) is 0 Å². The van der Waals surface area contributed by atoms with E-state index in [0.717, 1.165) is 18.6 Å². The van der Waals surface area contributed by atoms with E-state index in [2.05, 4.69) is 17.1 Å². The summed E-state index contributed by atoms with van der Waals surface area (Å²) < 4.78 is 6.15. The van der Waals surface area contributed by atoms with Gasteiger partial charge in [-0.15, -0.1) is 0 Å². The molecule has 0 amide bonds. The summed E-state index contributed by atoms with van der Waals surface area (Å²) in [7, 11) is 0. The molecule has 86 valence electrons. The van der Waals surface area contributed by atoms with Gasteiger partial charge in [0.25, 0.3) is 0 Å². The summed E-state index contributed by atoms with van der Waals surface area (Å²) in [6.07, 6.45) is 8.00. The van der Waals surface area contributed by atoms with Gasteiger partial charge in [-0.25, -0.2) is 0 Å². The third kappa shape index (κ3) is 2.06. The quantitative estimate of drug-likeness (QED) is 0.686. The fourth-order valence-electron chi connectivity index (χ4n) is 3.23. The van der Waals surface area contributed by atoms with Gasteiger partial charge in [0.2, 0.25) is 0 Å². The van der Waals surface area contributed by atoms with E-state index < -0.39 is 0 Å². The molecule has 0 radical (unpaired) electrons. The topological polar surface area (TPSA) is 21.3 Å². The summed E-state index contributed by atoms with van der Waals surface area (Å²) >= 11 is 2.07. The number of nitrogens with one attached hydrogen (secondary N) is 1. The van der Waals surface area contributed by atoms with Crippen molar-refractivity contribution >= 4 is 11.8 Å². The fourth-order valence-corrected chi connectivity index (χ4v) is 4.39. The van der Waals surface area contributed by atoms with E-state index in [1.54, 1.807) is 0 Å². The first-order chi connectivity index (χ1) is 7.38. The van der Waals surface area contributed by atoms with E-state index in [4.69, 9.17) is 4.74 Å². The minimum atomic E-state index is 0.0732. The molecule has 1 spiro atoms. The molecule has 2 unspecified atom stereocenters. The summed E-state index contributed by atoms with van der Waals surface area (Å²) in [4.78, 5) is 0. The van der Waals surface area contributed by atoms with Crippen LogP contribution in [0.5, 0.6) is 0 Å². The molecule has 2 nitrogen and oxygen atoms in total. The molecule has 0 bridgehead atoms. The highest BCUT2D eigenvalue weighted by Gasteiger charge is 2.42. The molecule has 0 aromatic carbocycles. The van der Waals surface area contributed by atoms with Crippen molar-refractivity contribution in [2.75, 3.05) is 18.1 Å². The Hall–Kier alpha value is 0.270. The second-order valence-corrected chi connectivity index (χ2v) is 6.44. The average Bonchev–Trinajstić information content (AvgIpc) is 2.30. The highest BCUT2D eigenvalue weighted by atomic mass is 32.2. The van der Waals surface area contributed by atoms with Gasteiger partial charge in [-0.3, -0.25) is 5.32 Å². The first-order valence-electron chi connectivity index (χ1n) is 6.37. The number of hydrogen-bond acceptors (Lipinski definition) is 3. The van der Waals surface area contributed by atoms with E-state index in [-0.39, 0.29) is 5.72 Å². The minimum Gasteiger partial charge on any atom is -0.360 e. The maximum Gasteiger partial charge on any atom is 0.121 e. The summed E-state index contributed by atoms with van der Waals surface area (Å²) in [5.41, 5.74) is 0.0732. The van der Waals surface area contributed by atoms with E-state index in [0.29, 0.717) is 0 Å². The third-order valence-electron chi connectivity index (χ3n) is 4.23. The van der Waals surface area contributed by atoms with Crippen LogP contribution < -0.4 is 5.32 Å². The fraction of sp³-hybridized carbons (Fsp3) is 1.00. The standard InChI is InChI=1S/C12H21NOS/c1-2-4-11-10(3-1)9-14-12(13-11)5-7-15-8-6-12/h10-11,13H,1-9H2. The van der Waals surface area contributed by atoms with Gasteiger partial charge in [-0.05, 0) is 43.1 Å². The second kappa shape index (κ2) is 4.27. The van der Waals surface area contributed by atoms with Crippen molar-refractivity contribution in [3.8, 4) is 0 Å².